The standard InChI is InChI=1S/C14H16N4O3S/c1-10-3-5-11(6-4-10)18-9-15-16-14(18)22-8-12(19)17(2)7-13(20)21/h3-6,9H,7-8H2,1-2H3,(H,20,21). The van der Waals surface area contributed by atoms with Gasteiger partial charge in [-0.3, -0.25) is 14.2 Å². The lowest BCUT2D eigenvalue weighted by Gasteiger charge is -2.14. The van der Waals surface area contributed by atoms with E-state index in [2.05, 4.69) is 10.2 Å². The molecule has 1 heterocycles. The zero-order valence-electron chi connectivity index (χ0n) is 12.3. The van der Waals surface area contributed by atoms with Crippen molar-refractivity contribution in [3.8, 4) is 5.69 Å². The number of aromatic nitrogens is 3. The first-order valence-electron chi connectivity index (χ1n) is 6.53. The smallest absolute Gasteiger partial charge is 0.323 e. The average Bonchev–Trinajstić information content (AvgIpc) is 2.93. The zero-order valence-corrected chi connectivity index (χ0v) is 13.1. The summed E-state index contributed by atoms with van der Waals surface area (Å²) in [4.78, 5) is 23.6. The number of nitrogens with zero attached hydrogens (tertiary/aromatic N) is 4. The molecule has 0 saturated carbocycles. The van der Waals surface area contributed by atoms with Gasteiger partial charge in [0.2, 0.25) is 5.91 Å². The van der Waals surface area contributed by atoms with Crippen LogP contribution < -0.4 is 0 Å². The van der Waals surface area contributed by atoms with Gasteiger partial charge in [0.05, 0.1) is 5.75 Å². The summed E-state index contributed by atoms with van der Waals surface area (Å²) in [6, 6.07) is 7.85. The number of rotatable bonds is 6. The van der Waals surface area contributed by atoms with Crippen LogP contribution in [0.3, 0.4) is 0 Å². The Labute approximate surface area is 132 Å². The highest BCUT2D eigenvalue weighted by molar-refractivity contribution is 7.99. The van der Waals surface area contributed by atoms with Crippen molar-refractivity contribution in [1.82, 2.24) is 19.7 Å². The molecule has 0 unspecified atom stereocenters. The number of aryl methyl sites for hydroxylation is 1. The predicted octanol–water partition coefficient (Wildman–Crippen LogP) is 1.21. The molecule has 0 spiro atoms. The van der Waals surface area contributed by atoms with Crippen LogP contribution in [-0.4, -0.2) is 56.0 Å². The van der Waals surface area contributed by atoms with Crippen molar-refractivity contribution >= 4 is 23.6 Å². The van der Waals surface area contributed by atoms with Crippen LogP contribution in [0.4, 0.5) is 0 Å². The van der Waals surface area contributed by atoms with Crippen LogP contribution in [0.5, 0.6) is 0 Å². The molecule has 1 amide bonds. The SMILES string of the molecule is Cc1ccc(-n2cnnc2SCC(=O)N(C)CC(=O)O)cc1. The minimum atomic E-state index is -1.04. The van der Waals surface area contributed by atoms with Crippen molar-refractivity contribution in [2.24, 2.45) is 0 Å². The molecule has 22 heavy (non-hydrogen) atoms. The van der Waals surface area contributed by atoms with Gasteiger partial charge in [0.1, 0.15) is 12.9 Å². The van der Waals surface area contributed by atoms with Gasteiger partial charge in [0.15, 0.2) is 5.16 Å². The Balaban J connectivity index is 2.03. The second kappa shape index (κ2) is 7.08. The summed E-state index contributed by atoms with van der Waals surface area (Å²) in [7, 11) is 1.46. The third-order valence-electron chi connectivity index (χ3n) is 2.95. The number of aliphatic carboxylic acids is 1. The Hall–Kier alpha value is -2.35. The van der Waals surface area contributed by atoms with E-state index < -0.39 is 5.97 Å². The van der Waals surface area contributed by atoms with Crippen LogP contribution in [0, 0.1) is 6.92 Å². The van der Waals surface area contributed by atoms with Gasteiger partial charge in [0.25, 0.3) is 0 Å². The summed E-state index contributed by atoms with van der Waals surface area (Å²) in [5, 5.41) is 17.1. The highest BCUT2D eigenvalue weighted by Gasteiger charge is 2.15. The van der Waals surface area contributed by atoms with Gasteiger partial charge in [0, 0.05) is 12.7 Å². The number of carboxylic acid groups (broad SMARTS) is 1. The first-order valence-corrected chi connectivity index (χ1v) is 7.51. The fourth-order valence-corrected chi connectivity index (χ4v) is 2.60. The van der Waals surface area contributed by atoms with Crippen molar-refractivity contribution in [1.29, 1.82) is 0 Å². The minimum absolute atomic E-state index is 0.105. The Morgan fingerprint density at radius 2 is 2.00 bits per heavy atom. The molecule has 0 radical (unpaired) electrons. The number of likely N-dealkylation sites (N-methyl/N-ethyl adjacent to an activating group) is 1. The quantitative estimate of drug-likeness (QED) is 0.805. The summed E-state index contributed by atoms with van der Waals surface area (Å²) in [6.45, 7) is 1.69. The molecule has 1 aromatic carbocycles. The Kier molecular flexibility index (Phi) is 5.16. The van der Waals surface area contributed by atoms with E-state index in [9.17, 15) is 9.59 Å². The number of amides is 1. The summed E-state index contributed by atoms with van der Waals surface area (Å²) >= 11 is 1.22. The van der Waals surface area contributed by atoms with Crippen LogP contribution >= 0.6 is 11.8 Å². The molecule has 0 aliphatic carbocycles. The monoisotopic (exact) mass is 320 g/mol. The molecule has 116 valence electrons. The largest absolute Gasteiger partial charge is 0.480 e. The highest BCUT2D eigenvalue weighted by Crippen LogP contribution is 2.20. The number of hydrogen-bond donors (Lipinski definition) is 1. The van der Waals surface area contributed by atoms with Crippen molar-refractivity contribution in [2.75, 3.05) is 19.3 Å². The van der Waals surface area contributed by atoms with Gasteiger partial charge >= 0.3 is 5.97 Å². The molecular formula is C14H16N4O3S. The maximum absolute atomic E-state index is 11.9. The molecule has 7 nitrogen and oxygen atoms in total. The average molecular weight is 320 g/mol. The topological polar surface area (TPSA) is 88.3 Å². The van der Waals surface area contributed by atoms with Gasteiger partial charge in [-0.05, 0) is 19.1 Å². The fourth-order valence-electron chi connectivity index (χ4n) is 1.73. The molecule has 2 rings (SSSR count). The van der Waals surface area contributed by atoms with Gasteiger partial charge in [-0.2, -0.15) is 0 Å². The van der Waals surface area contributed by atoms with Crippen LogP contribution in [0.1, 0.15) is 5.56 Å². The van der Waals surface area contributed by atoms with E-state index in [1.165, 1.54) is 23.7 Å². The van der Waals surface area contributed by atoms with Gasteiger partial charge in [-0.1, -0.05) is 29.5 Å². The second-order valence-corrected chi connectivity index (χ2v) is 5.69. The Morgan fingerprint density at radius 3 is 2.64 bits per heavy atom. The number of benzene rings is 1. The molecular weight excluding hydrogens is 304 g/mol. The second-order valence-electron chi connectivity index (χ2n) is 4.75. The molecule has 2 aromatic rings. The molecule has 0 atom stereocenters. The van der Waals surface area contributed by atoms with Crippen LogP contribution in [0.25, 0.3) is 5.69 Å². The van der Waals surface area contributed by atoms with Crippen LogP contribution in [0.2, 0.25) is 0 Å². The first-order chi connectivity index (χ1) is 10.5. The van der Waals surface area contributed by atoms with Crippen molar-refractivity contribution in [3.63, 3.8) is 0 Å². The van der Waals surface area contributed by atoms with E-state index in [1.54, 1.807) is 10.9 Å². The van der Waals surface area contributed by atoms with E-state index in [1.807, 2.05) is 31.2 Å². The fraction of sp³-hybridized carbons (Fsp3) is 0.286. The molecule has 0 fully saturated rings. The molecule has 0 aliphatic heterocycles. The number of carbonyl (C=O) groups excluding carboxylic acids is 1. The lowest BCUT2D eigenvalue weighted by atomic mass is 10.2. The third kappa shape index (κ3) is 4.08. The highest BCUT2D eigenvalue weighted by atomic mass is 32.2. The van der Waals surface area contributed by atoms with E-state index in [-0.39, 0.29) is 18.2 Å². The van der Waals surface area contributed by atoms with E-state index >= 15 is 0 Å². The van der Waals surface area contributed by atoms with Crippen LogP contribution in [0.15, 0.2) is 35.7 Å². The molecule has 0 saturated heterocycles. The van der Waals surface area contributed by atoms with Gasteiger partial charge in [-0.25, -0.2) is 0 Å². The summed E-state index contributed by atoms with van der Waals surface area (Å²) in [5.74, 6) is -1.21. The Morgan fingerprint density at radius 1 is 1.32 bits per heavy atom. The maximum Gasteiger partial charge on any atom is 0.323 e. The Bertz CT molecular complexity index is 669. The predicted molar refractivity (Wildman–Crippen MR) is 82.1 cm³/mol. The third-order valence-corrected chi connectivity index (χ3v) is 3.88. The van der Waals surface area contributed by atoms with E-state index in [0.717, 1.165) is 11.3 Å². The van der Waals surface area contributed by atoms with E-state index in [4.69, 9.17) is 5.11 Å². The lowest BCUT2D eigenvalue weighted by molar-refractivity contribution is -0.142. The van der Waals surface area contributed by atoms with E-state index in [0.29, 0.717) is 5.16 Å². The molecule has 8 heteroatoms. The molecule has 0 aliphatic rings. The van der Waals surface area contributed by atoms with Crippen molar-refractivity contribution in [2.45, 2.75) is 12.1 Å². The normalized spacial score (nSPS) is 10.5. The first kappa shape index (κ1) is 16.0. The minimum Gasteiger partial charge on any atom is -0.480 e. The number of carboxylic acids is 1. The number of thioether (sulfide) groups is 1. The lowest BCUT2D eigenvalue weighted by Crippen LogP contribution is -2.33. The maximum atomic E-state index is 11.9. The van der Waals surface area contributed by atoms with Crippen LogP contribution in [-0.2, 0) is 9.59 Å². The summed E-state index contributed by atoms with van der Waals surface area (Å²) < 4.78 is 1.79. The summed E-state index contributed by atoms with van der Waals surface area (Å²) in [6.07, 6.45) is 1.58. The number of hydrogen-bond acceptors (Lipinski definition) is 5. The molecule has 0 bridgehead atoms. The summed E-state index contributed by atoms with van der Waals surface area (Å²) in [5.41, 5.74) is 2.06. The van der Waals surface area contributed by atoms with Gasteiger partial charge in [-0.15, -0.1) is 10.2 Å². The molecule has 1 aromatic heterocycles. The molecule has 1 N–H and O–H groups in total. The van der Waals surface area contributed by atoms with Crippen molar-refractivity contribution < 1.29 is 14.7 Å². The van der Waals surface area contributed by atoms with Crippen molar-refractivity contribution in [3.05, 3.63) is 36.2 Å². The van der Waals surface area contributed by atoms with Gasteiger partial charge < -0.3 is 10.0 Å². The zero-order chi connectivity index (χ0) is 16.1. The number of carbonyl (C=O) groups is 2.